The largest absolute Gasteiger partial charge is 1.00 e. The third-order valence-corrected chi connectivity index (χ3v) is 14.5. The first kappa shape index (κ1) is 28.4. The number of aliphatic carboxylic acids is 1. The molecule has 0 aromatic rings. The van der Waals surface area contributed by atoms with Crippen LogP contribution in [0.3, 0.4) is 0 Å². The Labute approximate surface area is 238 Å². The zero-order valence-corrected chi connectivity index (χ0v) is 26.3. The summed E-state index contributed by atoms with van der Waals surface area (Å²) in [5.41, 5.74) is -1.34. The maximum absolute atomic E-state index is 12.7. The fourth-order valence-corrected chi connectivity index (χ4v) is 12.0. The van der Waals surface area contributed by atoms with Crippen LogP contribution >= 0.6 is 0 Å². The molecule has 0 amide bonds. The fourth-order valence-electron chi connectivity index (χ4n) is 12.0. The van der Waals surface area contributed by atoms with Crippen molar-refractivity contribution in [3.05, 3.63) is 0 Å². The Morgan fingerprint density at radius 3 is 2.06 bits per heavy atom. The number of carbonyl (C=O) groups is 1. The van der Waals surface area contributed by atoms with Crippen molar-refractivity contribution in [3.63, 3.8) is 0 Å². The van der Waals surface area contributed by atoms with Crippen LogP contribution < -0.4 is 29.6 Å². The van der Waals surface area contributed by atoms with E-state index in [1.807, 2.05) is 0 Å². The molecule has 0 heterocycles. The van der Waals surface area contributed by atoms with Crippen LogP contribution in [0.15, 0.2) is 0 Å². The molecule has 0 aromatic carbocycles. The molecule has 3 nitrogen and oxygen atoms in total. The minimum absolute atomic E-state index is 0. The van der Waals surface area contributed by atoms with Crippen LogP contribution in [0.25, 0.3) is 0 Å². The molecular weight excluding hydrogens is 443 g/mol. The zero-order valence-electron chi connectivity index (χ0n) is 25.3. The molecule has 5 saturated carbocycles. The predicted molar refractivity (Wildman–Crippen MR) is 138 cm³/mol. The number of carboxylic acid groups (broad SMARTS) is 1. The Morgan fingerprint density at radius 2 is 1.43 bits per heavy atom. The van der Waals surface area contributed by atoms with Crippen LogP contribution in [0.1, 0.15) is 121 Å². The van der Waals surface area contributed by atoms with Crippen LogP contribution in [0, 0.1) is 62.6 Å². The SMILES string of the molecule is C[C@@H]1[C@H]2[C@H]3CC[C@@H]4[C@]5(C)[C@@H](CC[C@@]4(C)[C@]3(C)CC[C@@]2(C)CC[C@H]1C)C(C)(C)CCC5(O)C(=O)O.[H-].[Na+]. The summed E-state index contributed by atoms with van der Waals surface area (Å²) in [6.45, 7) is 19.6. The molecule has 2 N–H and O–H groups in total. The van der Waals surface area contributed by atoms with Crippen molar-refractivity contribution < 1.29 is 46.0 Å². The molecule has 5 aliphatic carbocycles. The van der Waals surface area contributed by atoms with E-state index in [2.05, 4.69) is 55.4 Å². The number of aliphatic hydroxyl groups is 1. The summed E-state index contributed by atoms with van der Waals surface area (Å²) in [5.74, 6) is 2.62. The molecule has 0 spiro atoms. The maximum atomic E-state index is 12.7. The first-order valence-electron chi connectivity index (χ1n) is 14.5. The first-order valence-corrected chi connectivity index (χ1v) is 14.5. The average Bonchev–Trinajstić information content (AvgIpc) is 2.75. The van der Waals surface area contributed by atoms with E-state index in [1.165, 1.54) is 38.5 Å². The van der Waals surface area contributed by atoms with Crippen LogP contribution in [-0.2, 0) is 4.79 Å². The normalized spacial score (nSPS) is 56.9. The third kappa shape index (κ3) is 3.38. The van der Waals surface area contributed by atoms with Crippen LogP contribution in [0.4, 0.5) is 0 Å². The van der Waals surface area contributed by atoms with Gasteiger partial charge in [-0.2, -0.15) is 0 Å². The molecule has 0 aromatic heterocycles. The van der Waals surface area contributed by atoms with Gasteiger partial charge >= 0.3 is 35.5 Å². The van der Waals surface area contributed by atoms with Gasteiger partial charge in [0, 0.05) is 5.41 Å². The smallest absolute Gasteiger partial charge is 1.00 e. The van der Waals surface area contributed by atoms with Gasteiger partial charge in [0.1, 0.15) is 0 Å². The van der Waals surface area contributed by atoms with Crippen LogP contribution in [0.5, 0.6) is 0 Å². The van der Waals surface area contributed by atoms with E-state index < -0.39 is 17.0 Å². The van der Waals surface area contributed by atoms with Gasteiger partial charge in [0.25, 0.3) is 0 Å². The van der Waals surface area contributed by atoms with Crippen molar-refractivity contribution in [2.24, 2.45) is 62.6 Å². The third-order valence-electron chi connectivity index (χ3n) is 14.5. The second-order valence-corrected chi connectivity index (χ2v) is 15.7. The molecule has 5 rings (SSSR count). The minimum atomic E-state index is -1.61. The summed E-state index contributed by atoms with van der Waals surface area (Å²) < 4.78 is 0. The Kier molecular flexibility index (Phi) is 6.88. The molecule has 5 aliphatic rings. The van der Waals surface area contributed by atoms with E-state index in [0.29, 0.717) is 11.8 Å². The molecule has 196 valence electrons. The summed E-state index contributed by atoms with van der Waals surface area (Å²) in [5, 5.41) is 22.4. The van der Waals surface area contributed by atoms with Crippen molar-refractivity contribution >= 4 is 5.97 Å². The molecule has 0 bridgehead atoms. The predicted octanol–water partition coefficient (Wildman–Crippen LogP) is 4.68. The van der Waals surface area contributed by atoms with Gasteiger partial charge in [0.2, 0.25) is 0 Å². The summed E-state index contributed by atoms with van der Waals surface area (Å²) in [4.78, 5) is 12.7. The van der Waals surface area contributed by atoms with E-state index in [-0.39, 0.29) is 59.1 Å². The molecule has 11 atom stereocenters. The quantitative estimate of drug-likeness (QED) is 0.519. The minimum Gasteiger partial charge on any atom is -1.00 e. The van der Waals surface area contributed by atoms with Gasteiger partial charge in [-0.15, -0.1) is 0 Å². The van der Waals surface area contributed by atoms with Gasteiger partial charge in [-0.3, -0.25) is 0 Å². The molecule has 0 radical (unpaired) electrons. The molecule has 0 saturated heterocycles. The number of fused-ring (bicyclic) bond motifs is 7. The van der Waals surface area contributed by atoms with Crippen LogP contribution in [-0.4, -0.2) is 21.8 Å². The summed E-state index contributed by atoms with van der Waals surface area (Å²) in [7, 11) is 0. The Balaban J connectivity index is 0.00000180. The van der Waals surface area contributed by atoms with Crippen molar-refractivity contribution in [3.8, 4) is 0 Å². The molecule has 35 heavy (non-hydrogen) atoms. The Hall–Kier alpha value is 0.430. The van der Waals surface area contributed by atoms with Gasteiger partial charge in [-0.25, -0.2) is 4.79 Å². The van der Waals surface area contributed by atoms with Crippen molar-refractivity contribution in [1.29, 1.82) is 0 Å². The zero-order chi connectivity index (χ0) is 25.1. The molecular formula is C31H53NaO3. The van der Waals surface area contributed by atoms with Gasteiger partial charge in [0.05, 0.1) is 0 Å². The second kappa shape index (κ2) is 8.46. The monoisotopic (exact) mass is 496 g/mol. The van der Waals surface area contributed by atoms with Gasteiger partial charge in [0.15, 0.2) is 5.60 Å². The van der Waals surface area contributed by atoms with E-state index in [0.717, 1.165) is 42.9 Å². The van der Waals surface area contributed by atoms with E-state index in [4.69, 9.17) is 0 Å². The average molecular weight is 497 g/mol. The van der Waals surface area contributed by atoms with Crippen LogP contribution in [0.2, 0.25) is 0 Å². The maximum Gasteiger partial charge on any atom is 1.00 e. The summed E-state index contributed by atoms with van der Waals surface area (Å²) in [6.07, 6.45) is 11.1. The first-order chi connectivity index (χ1) is 15.6. The molecule has 5 fully saturated rings. The van der Waals surface area contributed by atoms with E-state index in [1.54, 1.807) is 0 Å². The fraction of sp³-hybridized carbons (Fsp3) is 0.968. The second-order valence-electron chi connectivity index (χ2n) is 15.7. The number of hydrogen-bond acceptors (Lipinski definition) is 2. The topological polar surface area (TPSA) is 57.5 Å². The van der Waals surface area contributed by atoms with E-state index in [9.17, 15) is 15.0 Å². The number of hydrogen-bond donors (Lipinski definition) is 2. The molecule has 1 unspecified atom stereocenters. The summed E-state index contributed by atoms with van der Waals surface area (Å²) in [6, 6.07) is 0. The van der Waals surface area contributed by atoms with Crippen molar-refractivity contribution in [1.82, 2.24) is 0 Å². The van der Waals surface area contributed by atoms with Crippen molar-refractivity contribution in [2.45, 2.75) is 125 Å². The van der Waals surface area contributed by atoms with E-state index >= 15 is 0 Å². The van der Waals surface area contributed by atoms with Gasteiger partial charge < -0.3 is 11.6 Å². The number of carboxylic acids is 1. The Bertz CT molecular complexity index is 878. The number of rotatable bonds is 1. The molecule has 0 aliphatic heterocycles. The van der Waals surface area contributed by atoms with Gasteiger partial charge in [-0.05, 0) is 121 Å². The Morgan fingerprint density at radius 1 is 0.771 bits per heavy atom. The summed E-state index contributed by atoms with van der Waals surface area (Å²) >= 11 is 0. The van der Waals surface area contributed by atoms with Gasteiger partial charge in [-0.1, -0.05) is 55.4 Å². The van der Waals surface area contributed by atoms with Crippen molar-refractivity contribution in [2.75, 3.05) is 0 Å². The standard InChI is InChI=1S/C31H52O3.Na.H/c1-19-11-13-27(5)16-17-28(6)21(24(27)20(19)2)9-10-23-29(28,7)14-12-22-26(3,4)15-18-31(34,25(32)33)30(22,23)8;;/h19-24,34H,9-18H2,1-8H3,(H,32,33);;/q;+1;-1/t19-,20+,21-,22+,23+,24+,27-,28-,29-,30+,31?;;/m1../s1. The molecule has 4 heteroatoms.